The van der Waals surface area contributed by atoms with Gasteiger partial charge >= 0.3 is 5.97 Å². The van der Waals surface area contributed by atoms with Gasteiger partial charge in [-0.3, -0.25) is 9.59 Å². The first-order valence-electron chi connectivity index (χ1n) is 4.12. The summed E-state index contributed by atoms with van der Waals surface area (Å²) in [6.07, 6.45) is 2.02. The molecule has 0 aromatic rings. The van der Waals surface area contributed by atoms with Crippen molar-refractivity contribution in [3.63, 3.8) is 0 Å². The molecule has 0 aromatic heterocycles. The van der Waals surface area contributed by atoms with Crippen LogP contribution < -0.4 is 5.32 Å². The van der Waals surface area contributed by atoms with E-state index in [9.17, 15) is 9.59 Å². The maximum atomic E-state index is 11.1. The highest BCUT2D eigenvalue weighted by Crippen LogP contribution is 2.18. The second kappa shape index (κ2) is 4.50. The van der Waals surface area contributed by atoms with Crippen molar-refractivity contribution >= 4 is 23.6 Å². The van der Waals surface area contributed by atoms with E-state index in [0.29, 0.717) is 12.2 Å². The number of hydrogen-bond acceptors (Lipinski definition) is 4. The number of thioether (sulfide) groups is 1. The van der Waals surface area contributed by atoms with Crippen molar-refractivity contribution in [3.05, 3.63) is 0 Å². The summed E-state index contributed by atoms with van der Waals surface area (Å²) in [6.45, 7) is 1.79. The summed E-state index contributed by atoms with van der Waals surface area (Å²) >= 11 is 1.44. The number of carbonyl (C=O) groups is 2. The molecule has 1 aliphatic rings. The van der Waals surface area contributed by atoms with Crippen LogP contribution in [0, 0.1) is 5.92 Å². The van der Waals surface area contributed by atoms with Gasteiger partial charge in [-0.2, -0.15) is 11.8 Å². The second-order valence-corrected chi connectivity index (χ2v) is 3.93. The molecule has 5 heteroatoms. The van der Waals surface area contributed by atoms with E-state index in [-0.39, 0.29) is 17.8 Å². The zero-order valence-corrected chi connectivity index (χ0v) is 8.52. The van der Waals surface area contributed by atoms with Gasteiger partial charge in [0.05, 0.1) is 11.7 Å². The van der Waals surface area contributed by atoms with E-state index < -0.39 is 6.23 Å². The Hall–Kier alpha value is -0.710. The lowest BCUT2D eigenvalue weighted by Crippen LogP contribution is -2.35. The Labute approximate surface area is 81.4 Å². The Bertz CT molecular complexity index is 219. The largest absolute Gasteiger partial charge is 0.441 e. The monoisotopic (exact) mass is 203 g/mol. The SMILES string of the molecule is CSCC(=O)NC1CC(C)C(=O)O1. The molecule has 2 atom stereocenters. The van der Waals surface area contributed by atoms with E-state index in [4.69, 9.17) is 4.74 Å². The van der Waals surface area contributed by atoms with Gasteiger partial charge in [-0.15, -0.1) is 0 Å². The maximum absolute atomic E-state index is 11.1. The van der Waals surface area contributed by atoms with Crippen LogP contribution in [0.2, 0.25) is 0 Å². The van der Waals surface area contributed by atoms with Crippen LogP contribution >= 0.6 is 11.8 Å². The average molecular weight is 203 g/mol. The summed E-state index contributed by atoms with van der Waals surface area (Å²) in [5.74, 6) is -0.00367. The molecule has 1 N–H and O–H groups in total. The fourth-order valence-corrected chi connectivity index (χ4v) is 1.51. The first-order valence-corrected chi connectivity index (χ1v) is 5.51. The highest BCUT2D eigenvalue weighted by atomic mass is 32.2. The van der Waals surface area contributed by atoms with Crippen molar-refractivity contribution in [2.24, 2.45) is 5.92 Å². The summed E-state index contributed by atoms with van der Waals surface area (Å²) in [6, 6.07) is 0. The third-order valence-corrected chi connectivity index (χ3v) is 2.38. The van der Waals surface area contributed by atoms with Gasteiger partial charge in [-0.1, -0.05) is 6.92 Å². The zero-order chi connectivity index (χ0) is 9.84. The molecule has 0 saturated carbocycles. The summed E-state index contributed by atoms with van der Waals surface area (Å²) in [7, 11) is 0. The van der Waals surface area contributed by atoms with Crippen molar-refractivity contribution in [2.75, 3.05) is 12.0 Å². The molecule has 1 fully saturated rings. The van der Waals surface area contributed by atoms with E-state index in [1.807, 2.05) is 6.26 Å². The highest BCUT2D eigenvalue weighted by molar-refractivity contribution is 7.99. The standard InChI is InChI=1S/C8H13NO3S/c1-5-3-7(12-8(5)11)9-6(10)4-13-2/h5,7H,3-4H2,1-2H3,(H,9,10). The molecule has 0 aliphatic carbocycles. The molecule has 1 aliphatic heterocycles. The van der Waals surface area contributed by atoms with E-state index in [1.54, 1.807) is 6.92 Å². The van der Waals surface area contributed by atoms with Crippen LogP contribution in [0.25, 0.3) is 0 Å². The summed E-state index contributed by atoms with van der Waals surface area (Å²) in [5, 5.41) is 2.64. The lowest BCUT2D eigenvalue weighted by molar-refractivity contribution is -0.145. The van der Waals surface area contributed by atoms with E-state index in [1.165, 1.54) is 11.8 Å². The Morgan fingerprint density at radius 2 is 2.46 bits per heavy atom. The number of ether oxygens (including phenoxy) is 1. The van der Waals surface area contributed by atoms with E-state index in [0.717, 1.165) is 0 Å². The van der Waals surface area contributed by atoms with Crippen molar-refractivity contribution in [3.8, 4) is 0 Å². The molecule has 0 bridgehead atoms. The molecular formula is C8H13NO3S. The molecule has 1 heterocycles. The van der Waals surface area contributed by atoms with Gasteiger partial charge in [0.1, 0.15) is 0 Å². The molecule has 1 rings (SSSR count). The second-order valence-electron chi connectivity index (χ2n) is 3.06. The third kappa shape index (κ3) is 2.91. The van der Waals surface area contributed by atoms with Crippen molar-refractivity contribution in [1.29, 1.82) is 0 Å². The quantitative estimate of drug-likeness (QED) is 0.673. The zero-order valence-electron chi connectivity index (χ0n) is 7.70. The predicted molar refractivity (Wildman–Crippen MR) is 50.2 cm³/mol. The Kier molecular flexibility index (Phi) is 3.59. The number of cyclic esters (lactones) is 1. The fourth-order valence-electron chi connectivity index (χ4n) is 1.16. The molecule has 1 saturated heterocycles. The summed E-state index contributed by atoms with van der Waals surface area (Å²) < 4.78 is 4.91. The van der Waals surface area contributed by atoms with Crippen LogP contribution in [0.3, 0.4) is 0 Å². The van der Waals surface area contributed by atoms with Crippen LogP contribution in [0.15, 0.2) is 0 Å². The van der Waals surface area contributed by atoms with Crippen LogP contribution in [0.5, 0.6) is 0 Å². The summed E-state index contributed by atoms with van der Waals surface area (Å²) in [5.41, 5.74) is 0. The van der Waals surface area contributed by atoms with Gasteiger partial charge in [-0.05, 0) is 6.26 Å². The third-order valence-electron chi connectivity index (χ3n) is 1.83. The van der Waals surface area contributed by atoms with Crippen LogP contribution in [0.4, 0.5) is 0 Å². The Morgan fingerprint density at radius 1 is 1.77 bits per heavy atom. The van der Waals surface area contributed by atoms with Gasteiger partial charge in [0.2, 0.25) is 5.91 Å². The molecule has 74 valence electrons. The lowest BCUT2D eigenvalue weighted by atomic mass is 10.1. The summed E-state index contributed by atoms with van der Waals surface area (Å²) in [4.78, 5) is 22.0. The van der Waals surface area contributed by atoms with Gasteiger partial charge in [-0.25, -0.2) is 0 Å². The van der Waals surface area contributed by atoms with Gasteiger partial charge in [0, 0.05) is 6.42 Å². The van der Waals surface area contributed by atoms with Gasteiger partial charge in [0.25, 0.3) is 0 Å². The minimum absolute atomic E-state index is 0.0839. The molecule has 4 nitrogen and oxygen atoms in total. The topological polar surface area (TPSA) is 55.4 Å². The van der Waals surface area contributed by atoms with Crippen LogP contribution in [-0.2, 0) is 14.3 Å². The minimum Gasteiger partial charge on any atom is -0.441 e. The number of carbonyl (C=O) groups excluding carboxylic acids is 2. The molecule has 2 unspecified atom stereocenters. The smallest absolute Gasteiger partial charge is 0.310 e. The number of rotatable bonds is 3. The number of nitrogens with one attached hydrogen (secondary N) is 1. The molecule has 0 spiro atoms. The first kappa shape index (κ1) is 10.4. The molecule has 13 heavy (non-hydrogen) atoms. The Morgan fingerprint density at radius 3 is 2.92 bits per heavy atom. The molecular weight excluding hydrogens is 190 g/mol. The molecule has 1 amide bonds. The Balaban J connectivity index is 2.31. The van der Waals surface area contributed by atoms with Crippen LogP contribution in [0.1, 0.15) is 13.3 Å². The van der Waals surface area contributed by atoms with Gasteiger partial charge in [0.15, 0.2) is 6.23 Å². The normalized spacial score (nSPS) is 27.1. The van der Waals surface area contributed by atoms with E-state index >= 15 is 0 Å². The number of hydrogen-bond donors (Lipinski definition) is 1. The van der Waals surface area contributed by atoms with E-state index in [2.05, 4.69) is 5.32 Å². The molecule has 0 radical (unpaired) electrons. The average Bonchev–Trinajstić information content (AvgIpc) is 2.31. The van der Waals surface area contributed by atoms with Gasteiger partial charge < -0.3 is 10.1 Å². The minimum atomic E-state index is -0.415. The first-order chi connectivity index (χ1) is 6.13. The van der Waals surface area contributed by atoms with Crippen LogP contribution in [-0.4, -0.2) is 30.1 Å². The fraction of sp³-hybridized carbons (Fsp3) is 0.750. The van der Waals surface area contributed by atoms with Crippen molar-refractivity contribution in [2.45, 2.75) is 19.6 Å². The van der Waals surface area contributed by atoms with Crippen molar-refractivity contribution in [1.82, 2.24) is 5.32 Å². The lowest BCUT2D eigenvalue weighted by Gasteiger charge is -2.10. The highest BCUT2D eigenvalue weighted by Gasteiger charge is 2.31. The predicted octanol–water partition coefficient (Wildman–Crippen LogP) is 0.375. The van der Waals surface area contributed by atoms with Crippen molar-refractivity contribution < 1.29 is 14.3 Å². The number of esters is 1. The molecule has 0 aromatic carbocycles. The number of amides is 1. The maximum Gasteiger partial charge on any atom is 0.310 e.